The Labute approximate surface area is 226 Å². The van der Waals surface area contributed by atoms with Gasteiger partial charge in [0, 0.05) is 32.2 Å². The first-order valence-electron chi connectivity index (χ1n) is 13.0. The van der Waals surface area contributed by atoms with Gasteiger partial charge in [0.25, 0.3) is 0 Å². The van der Waals surface area contributed by atoms with E-state index >= 15 is 0 Å². The molecular weight excluding hydrogens is 511 g/mol. The average Bonchev–Trinajstić information content (AvgIpc) is 3.20. The molecule has 4 rings (SSSR count). The van der Waals surface area contributed by atoms with E-state index in [9.17, 15) is 23.1 Å². The maximum absolute atomic E-state index is 13.2. The lowest BCUT2D eigenvalue weighted by Crippen LogP contribution is -2.53. The molecule has 1 N–H and O–H groups in total. The van der Waals surface area contributed by atoms with Gasteiger partial charge in [0.2, 0.25) is 0 Å². The van der Waals surface area contributed by atoms with Crippen LogP contribution < -0.4 is 4.90 Å². The molecule has 0 aliphatic carbocycles. The molecular formula is C29H36F3N3O2S. The van der Waals surface area contributed by atoms with E-state index in [-0.39, 0.29) is 6.04 Å². The fourth-order valence-corrected chi connectivity index (χ4v) is 6.36. The number of carboxylic acid groups (broad SMARTS) is 1. The Balaban J connectivity index is 1.53. The second kappa shape index (κ2) is 10.8. The van der Waals surface area contributed by atoms with Gasteiger partial charge in [-0.15, -0.1) is 0 Å². The predicted molar refractivity (Wildman–Crippen MR) is 147 cm³/mol. The van der Waals surface area contributed by atoms with Crippen LogP contribution in [0.3, 0.4) is 0 Å². The highest BCUT2D eigenvalue weighted by molar-refractivity contribution is 7.22. The van der Waals surface area contributed by atoms with E-state index in [0.717, 1.165) is 60.5 Å². The molecule has 1 aromatic heterocycles. The lowest BCUT2D eigenvalue weighted by molar-refractivity contribution is -0.146. The monoisotopic (exact) mass is 547 g/mol. The number of thiazole rings is 1. The molecule has 3 aromatic rings. The number of anilines is 1. The zero-order chi connectivity index (χ0) is 27.8. The molecule has 5 nitrogen and oxygen atoms in total. The average molecular weight is 548 g/mol. The maximum atomic E-state index is 13.2. The van der Waals surface area contributed by atoms with Crippen molar-refractivity contribution in [3.8, 4) is 0 Å². The first-order valence-corrected chi connectivity index (χ1v) is 13.8. The summed E-state index contributed by atoms with van der Waals surface area (Å²) in [5.41, 5.74) is 2.42. The van der Waals surface area contributed by atoms with Crippen molar-refractivity contribution in [1.82, 2.24) is 9.88 Å². The number of carboxylic acids is 1. The summed E-state index contributed by atoms with van der Waals surface area (Å²) < 4.78 is 40.2. The van der Waals surface area contributed by atoms with E-state index in [1.807, 2.05) is 6.92 Å². The summed E-state index contributed by atoms with van der Waals surface area (Å²) >= 11 is 1.33. The Kier molecular flexibility index (Phi) is 8.09. The number of aromatic nitrogens is 1. The van der Waals surface area contributed by atoms with Gasteiger partial charge in [-0.05, 0) is 68.9 Å². The lowest BCUT2D eigenvalue weighted by atomic mass is 9.85. The third kappa shape index (κ3) is 6.67. The maximum Gasteiger partial charge on any atom is 0.416 e. The largest absolute Gasteiger partial charge is 0.481 e. The van der Waals surface area contributed by atoms with Crippen molar-refractivity contribution in [3.05, 3.63) is 58.7 Å². The summed E-state index contributed by atoms with van der Waals surface area (Å²) in [4.78, 5) is 21.0. The van der Waals surface area contributed by atoms with Crippen LogP contribution in [0.4, 0.5) is 18.3 Å². The molecule has 2 heterocycles. The highest BCUT2D eigenvalue weighted by Gasteiger charge is 2.33. The van der Waals surface area contributed by atoms with Crippen molar-refractivity contribution < 1.29 is 23.1 Å². The first kappa shape index (κ1) is 28.4. The van der Waals surface area contributed by atoms with Crippen LogP contribution in [0.5, 0.6) is 0 Å². The number of fused-ring (bicyclic) bond motifs is 1. The molecule has 0 unspecified atom stereocenters. The van der Waals surface area contributed by atoms with Crippen LogP contribution in [0, 0.1) is 18.3 Å². The van der Waals surface area contributed by atoms with Crippen LogP contribution in [0.15, 0.2) is 36.4 Å². The minimum absolute atomic E-state index is 0.196. The van der Waals surface area contributed by atoms with E-state index in [1.165, 1.54) is 23.5 Å². The van der Waals surface area contributed by atoms with Crippen molar-refractivity contribution in [3.63, 3.8) is 0 Å². The summed E-state index contributed by atoms with van der Waals surface area (Å²) in [6.07, 6.45) is -2.95. The highest BCUT2D eigenvalue weighted by Crippen LogP contribution is 2.37. The third-order valence-corrected chi connectivity index (χ3v) is 8.14. The molecule has 0 spiro atoms. The van der Waals surface area contributed by atoms with E-state index < -0.39 is 23.1 Å². The highest BCUT2D eigenvalue weighted by atomic mass is 32.1. The zero-order valence-electron chi connectivity index (χ0n) is 22.6. The quantitative estimate of drug-likeness (QED) is 0.329. The number of alkyl halides is 3. The van der Waals surface area contributed by atoms with E-state index in [2.05, 4.69) is 41.8 Å². The summed E-state index contributed by atoms with van der Waals surface area (Å²) in [6, 6.07) is 10.3. The lowest BCUT2D eigenvalue weighted by Gasteiger charge is -2.42. The number of piperazine rings is 1. The first-order chi connectivity index (χ1) is 17.7. The predicted octanol–water partition coefficient (Wildman–Crippen LogP) is 7.01. The molecule has 0 amide bonds. The molecule has 0 radical (unpaired) electrons. The number of halogens is 3. The molecule has 1 atom stereocenters. The van der Waals surface area contributed by atoms with Crippen LogP contribution in [0.1, 0.15) is 56.4 Å². The van der Waals surface area contributed by atoms with Crippen LogP contribution in [0.2, 0.25) is 0 Å². The Morgan fingerprint density at radius 2 is 1.84 bits per heavy atom. The van der Waals surface area contributed by atoms with E-state index in [1.54, 1.807) is 13.8 Å². The van der Waals surface area contributed by atoms with E-state index in [4.69, 9.17) is 4.98 Å². The van der Waals surface area contributed by atoms with Gasteiger partial charge in [0.05, 0.1) is 21.2 Å². The van der Waals surface area contributed by atoms with Crippen molar-refractivity contribution in [1.29, 1.82) is 0 Å². The fourth-order valence-electron chi connectivity index (χ4n) is 5.26. The molecule has 1 aliphatic heterocycles. The van der Waals surface area contributed by atoms with Crippen molar-refractivity contribution in [2.24, 2.45) is 11.3 Å². The SMILES string of the molecule is Cc1cc(CN2CCN(c3nc4ccc(C(F)(F)F)cc4s3)[C@H](CC(C)C)C2)cc(CC(C)(C)C(=O)O)c1. The molecule has 1 saturated heterocycles. The summed E-state index contributed by atoms with van der Waals surface area (Å²) in [7, 11) is 0. The molecule has 0 saturated carbocycles. The van der Waals surface area contributed by atoms with Crippen LogP contribution in [0.25, 0.3) is 10.2 Å². The van der Waals surface area contributed by atoms with Crippen LogP contribution in [-0.2, 0) is 23.9 Å². The van der Waals surface area contributed by atoms with Gasteiger partial charge in [-0.2, -0.15) is 13.2 Å². The smallest absolute Gasteiger partial charge is 0.416 e. The number of rotatable bonds is 8. The van der Waals surface area contributed by atoms with Gasteiger partial charge in [0.15, 0.2) is 5.13 Å². The number of nitrogens with zero attached hydrogens (tertiary/aromatic N) is 3. The molecule has 1 fully saturated rings. The second-order valence-electron chi connectivity index (χ2n) is 11.6. The summed E-state index contributed by atoms with van der Waals surface area (Å²) in [5, 5.41) is 10.3. The molecule has 38 heavy (non-hydrogen) atoms. The Hall–Kier alpha value is -2.65. The number of hydrogen-bond donors (Lipinski definition) is 1. The van der Waals surface area contributed by atoms with E-state index in [0.29, 0.717) is 22.6 Å². The summed E-state index contributed by atoms with van der Waals surface area (Å²) in [6.45, 7) is 13.0. The second-order valence-corrected chi connectivity index (χ2v) is 12.6. The molecule has 1 aliphatic rings. The van der Waals surface area contributed by atoms with Crippen molar-refractivity contribution >= 4 is 32.7 Å². The standard InChI is InChI=1S/C29H36F3N3O2S/c1-18(2)10-23-17-34(16-21-12-19(3)11-20(13-21)15-28(4,5)26(36)37)8-9-35(23)27-33-24-7-6-22(29(30,31)32)14-25(24)38-27/h6-7,11-14,18,23H,8-10,15-17H2,1-5H3,(H,36,37)/t23-/m1/s1. The number of carbonyl (C=O) groups is 1. The number of benzene rings is 2. The molecule has 2 aromatic carbocycles. The van der Waals surface area contributed by atoms with Gasteiger partial charge >= 0.3 is 12.1 Å². The van der Waals surface area contributed by atoms with Crippen molar-refractivity contribution in [2.45, 2.75) is 66.2 Å². The fraction of sp³-hybridized carbons (Fsp3) is 0.517. The van der Waals surface area contributed by atoms with Gasteiger partial charge < -0.3 is 10.0 Å². The Morgan fingerprint density at radius 3 is 2.50 bits per heavy atom. The zero-order valence-corrected chi connectivity index (χ0v) is 23.4. The Bertz CT molecular complexity index is 1300. The van der Waals surface area contributed by atoms with Gasteiger partial charge in [-0.25, -0.2) is 4.98 Å². The van der Waals surface area contributed by atoms with Gasteiger partial charge in [0.1, 0.15) is 0 Å². The summed E-state index contributed by atoms with van der Waals surface area (Å²) in [5.74, 6) is -0.352. The number of aliphatic carboxylic acids is 1. The molecule has 206 valence electrons. The van der Waals surface area contributed by atoms with Gasteiger partial charge in [-0.3, -0.25) is 9.69 Å². The molecule has 0 bridgehead atoms. The van der Waals surface area contributed by atoms with Crippen LogP contribution in [-0.4, -0.2) is 46.6 Å². The van der Waals surface area contributed by atoms with Crippen molar-refractivity contribution in [2.75, 3.05) is 24.5 Å². The molecule has 9 heteroatoms. The third-order valence-electron chi connectivity index (χ3n) is 7.09. The van der Waals surface area contributed by atoms with Crippen LogP contribution >= 0.6 is 11.3 Å². The topological polar surface area (TPSA) is 56.7 Å². The minimum Gasteiger partial charge on any atom is -0.481 e. The number of hydrogen-bond acceptors (Lipinski definition) is 5. The van der Waals surface area contributed by atoms with Gasteiger partial charge in [-0.1, -0.05) is 48.9 Å². The Morgan fingerprint density at radius 1 is 1.13 bits per heavy atom. The number of aryl methyl sites for hydroxylation is 1. The normalized spacial score (nSPS) is 17.5. The minimum atomic E-state index is -4.37.